The lowest BCUT2D eigenvalue weighted by Gasteiger charge is -2.29. The molecule has 1 atom stereocenters. The van der Waals surface area contributed by atoms with Crippen LogP contribution in [0.2, 0.25) is 0 Å². The lowest BCUT2D eigenvalue weighted by molar-refractivity contribution is -0.200. The molecule has 2 aromatic rings. The van der Waals surface area contributed by atoms with Gasteiger partial charge in [-0.25, -0.2) is 4.79 Å². The van der Waals surface area contributed by atoms with Crippen LogP contribution in [0.1, 0.15) is 15.9 Å². The third-order valence-corrected chi connectivity index (χ3v) is 3.82. The topological polar surface area (TPSA) is 104 Å². The van der Waals surface area contributed by atoms with E-state index in [0.29, 0.717) is 10.5 Å². The summed E-state index contributed by atoms with van der Waals surface area (Å²) in [7, 11) is 0. The van der Waals surface area contributed by atoms with E-state index in [2.05, 4.69) is 9.97 Å². The number of carbonyl (C=O) groups is 3. The van der Waals surface area contributed by atoms with Crippen LogP contribution in [-0.2, 0) is 11.3 Å². The quantitative estimate of drug-likeness (QED) is 0.778. The second-order valence-electron chi connectivity index (χ2n) is 5.63. The Kier molecular flexibility index (Phi) is 4.52. The molecule has 1 aliphatic rings. The molecule has 11 heteroatoms. The number of aromatic nitrogens is 2. The third-order valence-electron chi connectivity index (χ3n) is 3.82. The van der Waals surface area contributed by atoms with E-state index >= 15 is 0 Å². The van der Waals surface area contributed by atoms with E-state index < -0.39 is 36.2 Å². The summed E-state index contributed by atoms with van der Waals surface area (Å²) in [6, 6.07) is 4.29. The summed E-state index contributed by atoms with van der Waals surface area (Å²) >= 11 is 0. The van der Waals surface area contributed by atoms with Crippen molar-refractivity contribution in [2.24, 2.45) is 0 Å². The lowest BCUT2D eigenvalue weighted by atomic mass is 10.1. The van der Waals surface area contributed by atoms with Crippen LogP contribution in [0, 0.1) is 0 Å². The number of hydrogen-bond donors (Lipinski definition) is 2. The zero-order valence-electron chi connectivity index (χ0n) is 13.5. The molecule has 0 aromatic carbocycles. The second kappa shape index (κ2) is 6.67. The molecule has 0 aliphatic carbocycles. The Labute approximate surface area is 150 Å². The predicted octanol–water partition coefficient (Wildman–Crippen LogP) is 1.22. The average Bonchev–Trinajstić information content (AvgIpc) is 2.88. The molecule has 8 nitrogen and oxygen atoms in total. The summed E-state index contributed by atoms with van der Waals surface area (Å²) < 4.78 is 41.2. The molecule has 140 valence electrons. The monoisotopic (exact) mass is 379 g/mol. The number of hydrogen-bond acceptors (Lipinski definition) is 5. The Morgan fingerprint density at radius 1 is 1.15 bits per heavy atom. The van der Waals surface area contributed by atoms with Crippen LogP contribution >= 0.6 is 0 Å². The molecular formula is C16H12F3N5O3. The molecule has 2 N–H and O–H groups in total. The van der Waals surface area contributed by atoms with Gasteiger partial charge in [-0.2, -0.15) is 13.2 Å². The summed E-state index contributed by atoms with van der Waals surface area (Å²) in [6.07, 6.45) is -0.171. The number of amides is 4. The molecule has 0 radical (unpaired) electrons. The first kappa shape index (κ1) is 18.3. The first-order chi connectivity index (χ1) is 12.7. The van der Waals surface area contributed by atoms with E-state index in [4.69, 9.17) is 0 Å². The van der Waals surface area contributed by atoms with Crippen molar-refractivity contribution in [3.05, 3.63) is 60.2 Å². The highest BCUT2D eigenvalue weighted by Crippen LogP contribution is 2.34. The number of nitrogens with zero attached hydrogens (tertiary/aromatic N) is 3. The molecule has 0 unspecified atom stereocenters. The van der Waals surface area contributed by atoms with Gasteiger partial charge < -0.3 is 5.32 Å². The molecule has 0 spiro atoms. The Hall–Kier alpha value is -3.50. The van der Waals surface area contributed by atoms with Gasteiger partial charge in [-0.05, 0) is 23.8 Å². The average molecular weight is 379 g/mol. The molecule has 0 saturated carbocycles. The van der Waals surface area contributed by atoms with Crippen LogP contribution in [0.4, 0.5) is 18.0 Å². The highest BCUT2D eigenvalue weighted by molar-refractivity contribution is 6.10. The number of imide groups is 1. The van der Waals surface area contributed by atoms with Crippen LogP contribution in [0.3, 0.4) is 0 Å². The van der Waals surface area contributed by atoms with E-state index in [-0.39, 0.29) is 5.56 Å². The fourth-order valence-electron chi connectivity index (χ4n) is 2.48. The summed E-state index contributed by atoms with van der Waals surface area (Å²) in [6.45, 7) is -0.431. The molecular weight excluding hydrogens is 367 g/mol. The minimum Gasteiger partial charge on any atom is -0.314 e. The molecule has 4 amide bonds. The largest absolute Gasteiger partial charge is 0.440 e. The van der Waals surface area contributed by atoms with Crippen LogP contribution < -0.4 is 10.6 Å². The molecule has 3 heterocycles. The van der Waals surface area contributed by atoms with Gasteiger partial charge in [-0.3, -0.25) is 29.8 Å². The maximum Gasteiger partial charge on any atom is 0.440 e. The van der Waals surface area contributed by atoms with Crippen molar-refractivity contribution in [2.75, 3.05) is 0 Å². The lowest BCUT2D eigenvalue weighted by Crippen LogP contribution is -2.69. The maximum absolute atomic E-state index is 13.7. The van der Waals surface area contributed by atoms with Gasteiger partial charge in [0, 0.05) is 24.8 Å². The smallest absolute Gasteiger partial charge is 0.314 e. The fourth-order valence-corrected chi connectivity index (χ4v) is 2.48. The van der Waals surface area contributed by atoms with Gasteiger partial charge in [-0.1, -0.05) is 6.07 Å². The number of halogens is 3. The van der Waals surface area contributed by atoms with Gasteiger partial charge >= 0.3 is 12.2 Å². The number of pyridine rings is 2. The van der Waals surface area contributed by atoms with Crippen molar-refractivity contribution in [1.82, 2.24) is 25.5 Å². The maximum atomic E-state index is 13.7. The SMILES string of the molecule is O=C(N[C@]1(C(F)(F)F)NC(=O)N(Cc2cccnc2)C1=O)c1cccnc1. The van der Waals surface area contributed by atoms with Crippen LogP contribution in [-0.4, -0.2) is 44.6 Å². The van der Waals surface area contributed by atoms with Crippen LogP contribution in [0.25, 0.3) is 0 Å². The summed E-state index contributed by atoms with van der Waals surface area (Å²) in [5.41, 5.74) is -3.43. The van der Waals surface area contributed by atoms with Crippen molar-refractivity contribution in [2.45, 2.75) is 18.4 Å². The standard InChI is InChI=1S/C16H12F3N5O3/c17-16(18,19)15(22-12(25)11-4-2-6-21-8-11)13(26)24(14(27)23-15)9-10-3-1-5-20-7-10/h1-8H,9H2,(H,22,25)(H,23,27)/t15-/m0/s1. The van der Waals surface area contributed by atoms with Gasteiger partial charge in [0.25, 0.3) is 17.5 Å². The van der Waals surface area contributed by atoms with Crippen molar-refractivity contribution in [3.63, 3.8) is 0 Å². The first-order valence-corrected chi connectivity index (χ1v) is 7.57. The molecule has 0 bridgehead atoms. The minimum absolute atomic E-state index is 0.200. The Balaban J connectivity index is 1.92. The zero-order valence-corrected chi connectivity index (χ0v) is 13.5. The first-order valence-electron chi connectivity index (χ1n) is 7.57. The van der Waals surface area contributed by atoms with Crippen LogP contribution in [0.5, 0.6) is 0 Å². The van der Waals surface area contributed by atoms with Gasteiger partial charge in [0.05, 0.1) is 12.1 Å². The predicted molar refractivity (Wildman–Crippen MR) is 83.8 cm³/mol. The number of carbonyl (C=O) groups excluding carboxylic acids is 3. The summed E-state index contributed by atoms with van der Waals surface area (Å²) in [5, 5.41) is 3.17. The van der Waals surface area contributed by atoms with Crippen molar-refractivity contribution >= 4 is 17.8 Å². The Bertz CT molecular complexity index is 876. The normalized spacial score (nSPS) is 19.7. The number of nitrogens with one attached hydrogen (secondary N) is 2. The van der Waals surface area contributed by atoms with Crippen molar-refractivity contribution in [1.29, 1.82) is 0 Å². The second-order valence-corrected chi connectivity index (χ2v) is 5.63. The Morgan fingerprint density at radius 3 is 2.37 bits per heavy atom. The van der Waals surface area contributed by atoms with E-state index in [1.165, 1.54) is 42.9 Å². The molecule has 27 heavy (non-hydrogen) atoms. The number of urea groups is 1. The van der Waals surface area contributed by atoms with E-state index in [1.807, 2.05) is 0 Å². The van der Waals surface area contributed by atoms with Gasteiger partial charge in [0.1, 0.15) is 0 Å². The number of rotatable bonds is 4. The molecule has 1 aliphatic heterocycles. The molecule has 3 rings (SSSR count). The van der Waals surface area contributed by atoms with Crippen LogP contribution in [0.15, 0.2) is 49.1 Å². The third kappa shape index (κ3) is 3.30. The fraction of sp³-hybridized carbons (Fsp3) is 0.188. The highest BCUT2D eigenvalue weighted by Gasteiger charge is 2.68. The molecule has 1 saturated heterocycles. The van der Waals surface area contributed by atoms with E-state index in [9.17, 15) is 27.6 Å². The van der Waals surface area contributed by atoms with Crippen molar-refractivity contribution in [3.8, 4) is 0 Å². The Morgan fingerprint density at radius 2 is 1.81 bits per heavy atom. The number of alkyl halides is 3. The summed E-state index contributed by atoms with van der Waals surface area (Å²) in [4.78, 5) is 44.6. The highest BCUT2D eigenvalue weighted by atomic mass is 19.4. The zero-order chi connectivity index (χ0) is 19.7. The minimum atomic E-state index is -5.28. The van der Waals surface area contributed by atoms with Gasteiger partial charge in [0.2, 0.25) is 0 Å². The molecule has 1 fully saturated rings. The van der Waals surface area contributed by atoms with Gasteiger partial charge in [-0.15, -0.1) is 0 Å². The molecule has 2 aromatic heterocycles. The summed E-state index contributed by atoms with van der Waals surface area (Å²) in [5.74, 6) is -2.85. The van der Waals surface area contributed by atoms with Gasteiger partial charge in [0.15, 0.2) is 0 Å². The van der Waals surface area contributed by atoms with Crippen molar-refractivity contribution < 1.29 is 27.6 Å². The van der Waals surface area contributed by atoms with E-state index in [1.54, 1.807) is 10.6 Å². The van der Waals surface area contributed by atoms with E-state index in [0.717, 1.165) is 6.20 Å².